The van der Waals surface area contributed by atoms with Gasteiger partial charge in [-0.1, -0.05) is 84.5 Å². The lowest BCUT2D eigenvalue weighted by molar-refractivity contribution is -0.141. The van der Waals surface area contributed by atoms with Crippen molar-refractivity contribution in [2.45, 2.75) is 90.9 Å². The predicted octanol–water partition coefficient (Wildman–Crippen LogP) is 5.41. The van der Waals surface area contributed by atoms with Crippen molar-refractivity contribution in [2.24, 2.45) is 5.92 Å². The minimum atomic E-state index is -0.651. The fourth-order valence-electron chi connectivity index (χ4n) is 2.24. The molecule has 2 nitrogen and oxygen atoms in total. The summed E-state index contributed by atoms with van der Waals surface area (Å²) in [6.07, 6.45) is 15.4. The number of carboxylic acid groups (broad SMARTS) is 1. The molecule has 0 unspecified atom stereocenters. The molecule has 0 spiro atoms. The summed E-state index contributed by atoms with van der Waals surface area (Å²) in [7, 11) is 0. The maximum Gasteiger partial charge on any atom is 0.306 e. The number of aliphatic carboxylic acids is 1. The number of rotatable bonds is 13. The normalized spacial score (nSPS) is 12.6. The number of unbranched alkanes of at least 4 members (excludes halogenated alkanes) is 10. The second-order valence-electron chi connectivity index (χ2n) is 5.56. The van der Waals surface area contributed by atoms with Crippen LogP contribution in [0.25, 0.3) is 0 Å². The van der Waals surface area contributed by atoms with Crippen LogP contribution < -0.4 is 0 Å². The van der Waals surface area contributed by atoms with Gasteiger partial charge in [-0.15, -0.1) is 0 Å². The van der Waals surface area contributed by atoms with Crippen molar-refractivity contribution in [3.63, 3.8) is 0 Å². The van der Waals surface area contributed by atoms with E-state index >= 15 is 0 Å². The van der Waals surface area contributed by atoms with Crippen LogP contribution in [0.4, 0.5) is 0 Å². The van der Waals surface area contributed by atoms with Crippen LogP contribution >= 0.6 is 0 Å². The van der Waals surface area contributed by atoms with Crippen LogP contribution in [0.1, 0.15) is 90.9 Å². The monoisotopic (exact) mass is 256 g/mol. The van der Waals surface area contributed by atoms with Crippen molar-refractivity contribution in [3.05, 3.63) is 0 Å². The Morgan fingerprint density at radius 1 is 0.833 bits per heavy atom. The largest absolute Gasteiger partial charge is 0.481 e. The van der Waals surface area contributed by atoms with E-state index in [1.54, 1.807) is 6.92 Å². The van der Waals surface area contributed by atoms with E-state index in [0.717, 1.165) is 12.8 Å². The van der Waals surface area contributed by atoms with Crippen LogP contribution in [0.15, 0.2) is 0 Å². The first-order chi connectivity index (χ1) is 8.68. The summed E-state index contributed by atoms with van der Waals surface area (Å²) >= 11 is 0. The number of carbonyl (C=O) groups is 1. The fraction of sp³-hybridized carbons (Fsp3) is 0.938. The Morgan fingerprint density at radius 3 is 1.61 bits per heavy atom. The third-order valence-electron chi connectivity index (χ3n) is 3.66. The Bertz CT molecular complexity index is 190. The van der Waals surface area contributed by atoms with E-state index in [4.69, 9.17) is 5.11 Å². The quantitative estimate of drug-likeness (QED) is 0.447. The van der Waals surface area contributed by atoms with Gasteiger partial charge < -0.3 is 5.11 Å². The van der Waals surface area contributed by atoms with E-state index in [0.29, 0.717) is 0 Å². The van der Waals surface area contributed by atoms with Gasteiger partial charge >= 0.3 is 5.97 Å². The van der Waals surface area contributed by atoms with Gasteiger partial charge in [-0.2, -0.15) is 0 Å². The summed E-state index contributed by atoms with van der Waals surface area (Å²) in [6.45, 7) is 4.06. The molecule has 0 fully saturated rings. The topological polar surface area (TPSA) is 37.3 Å². The maximum absolute atomic E-state index is 10.6. The Morgan fingerprint density at radius 2 is 1.22 bits per heavy atom. The van der Waals surface area contributed by atoms with E-state index in [2.05, 4.69) is 6.92 Å². The Hall–Kier alpha value is -0.530. The Balaban J connectivity index is 3.05. The zero-order valence-corrected chi connectivity index (χ0v) is 12.4. The molecule has 0 aromatic heterocycles. The second kappa shape index (κ2) is 12.9. The van der Waals surface area contributed by atoms with Crippen LogP contribution in [0.3, 0.4) is 0 Å². The van der Waals surface area contributed by atoms with E-state index in [9.17, 15) is 4.79 Å². The van der Waals surface area contributed by atoms with Gasteiger partial charge in [-0.25, -0.2) is 0 Å². The van der Waals surface area contributed by atoms with Crippen LogP contribution in [-0.4, -0.2) is 11.1 Å². The van der Waals surface area contributed by atoms with Crippen LogP contribution in [0.2, 0.25) is 0 Å². The van der Waals surface area contributed by atoms with Crippen LogP contribution in [-0.2, 0) is 4.79 Å². The van der Waals surface area contributed by atoms with Crippen molar-refractivity contribution in [1.82, 2.24) is 0 Å². The number of hydrogen-bond donors (Lipinski definition) is 1. The molecule has 0 saturated heterocycles. The fourth-order valence-corrected chi connectivity index (χ4v) is 2.24. The average molecular weight is 256 g/mol. The highest BCUT2D eigenvalue weighted by Crippen LogP contribution is 2.14. The first-order valence-corrected chi connectivity index (χ1v) is 7.91. The maximum atomic E-state index is 10.6. The highest BCUT2D eigenvalue weighted by molar-refractivity contribution is 5.69. The van der Waals surface area contributed by atoms with E-state index < -0.39 is 5.97 Å². The van der Waals surface area contributed by atoms with Gasteiger partial charge in [0.1, 0.15) is 0 Å². The molecule has 2 heteroatoms. The summed E-state index contributed by atoms with van der Waals surface area (Å²) in [5.41, 5.74) is 0. The number of hydrogen-bond acceptors (Lipinski definition) is 1. The van der Waals surface area contributed by atoms with Gasteiger partial charge in [0.25, 0.3) is 0 Å². The lowest BCUT2D eigenvalue weighted by Crippen LogP contribution is -2.08. The molecular formula is C16H32O2. The molecule has 0 amide bonds. The molecular weight excluding hydrogens is 224 g/mol. The van der Waals surface area contributed by atoms with Gasteiger partial charge in [0.05, 0.1) is 5.92 Å². The summed E-state index contributed by atoms with van der Waals surface area (Å²) in [6, 6.07) is 0. The highest BCUT2D eigenvalue weighted by Gasteiger charge is 2.09. The molecule has 0 saturated carbocycles. The second-order valence-corrected chi connectivity index (χ2v) is 5.56. The zero-order valence-electron chi connectivity index (χ0n) is 12.4. The van der Waals surface area contributed by atoms with Gasteiger partial charge in [0.2, 0.25) is 0 Å². The lowest BCUT2D eigenvalue weighted by Gasteiger charge is -2.05. The smallest absolute Gasteiger partial charge is 0.306 e. The van der Waals surface area contributed by atoms with Crippen molar-refractivity contribution in [1.29, 1.82) is 0 Å². The molecule has 18 heavy (non-hydrogen) atoms. The molecule has 0 aliphatic rings. The third kappa shape index (κ3) is 11.9. The molecule has 0 heterocycles. The summed E-state index contributed by atoms with van der Waals surface area (Å²) < 4.78 is 0. The molecule has 0 aromatic rings. The summed E-state index contributed by atoms with van der Waals surface area (Å²) in [4.78, 5) is 10.6. The predicted molar refractivity (Wildman–Crippen MR) is 77.9 cm³/mol. The standard InChI is InChI=1S/C16H32O2/c1-3-4-5-6-7-8-9-10-11-12-13-14-15(2)16(17)18/h15H,3-14H2,1-2H3,(H,17,18)/t15-/m1/s1. The van der Waals surface area contributed by atoms with E-state index in [1.807, 2.05) is 0 Å². The van der Waals surface area contributed by atoms with Crippen molar-refractivity contribution in [2.75, 3.05) is 0 Å². The van der Waals surface area contributed by atoms with Gasteiger partial charge in [-0.05, 0) is 6.42 Å². The highest BCUT2D eigenvalue weighted by atomic mass is 16.4. The lowest BCUT2D eigenvalue weighted by atomic mass is 10.0. The molecule has 0 aliphatic heterocycles. The van der Waals surface area contributed by atoms with Crippen molar-refractivity contribution in [3.8, 4) is 0 Å². The molecule has 108 valence electrons. The van der Waals surface area contributed by atoms with Crippen LogP contribution in [0.5, 0.6) is 0 Å². The zero-order chi connectivity index (χ0) is 13.6. The third-order valence-corrected chi connectivity index (χ3v) is 3.66. The number of carboxylic acids is 1. The molecule has 0 radical (unpaired) electrons. The van der Waals surface area contributed by atoms with Gasteiger partial charge in [0.15, 0.2) is 0 Å². The average Bonchev–Trinajstić information content (AvgIpc) is 2.35. The SMILES string of the molecule is CCCCCCCCCCCCC[C@@H](C)C(=O)O. The summed E-state index contributed by atoms with van der Waals surface area (Å²) in [5.74, 6) is -0.814. The molecule has 1 N–H and O–H groups in total. The summed E-state index contributed by atoms with van der Waals surface area (Å²) in [5, 5.41) is 8.74. The van der Waals surface area contributed by atoms with Crippen LogP contribution in [0, 0.1) is 5.92 Å². The first kappa shape index (κ1) is 17.5. The minimum absolute atomic E-state index is 0.163. The molecule has 0 aliphatic carbocycles. The van der Waals surface area contributed by atoms with Gasteiger partial charge in [0, 0.05) is 0 Å². The molecule has 1 atom stereocenters. The van der Waals surface area contributed by atoms with Crippen molar-refractivity contribution < 1.29 is 9.90 Å². The Labute approximate surface area is 113 Å². The van der Waals surface area contributed by atoms with Gasteiger partial charge in [-0.3, -0.25) is 4.79 Å². The molecule has 0 rings (SSSR count). The van der Waals surface area contributed by atoms with E-state index in [1.165, 1.54) is 64.2 Å². The Kier molecular flexibility index (Phi) is 12.5. The van der Waals surface area contributed by atoms with Crippen molar-refractivity contribution >= 4 is 5.97 Å². The molecule has 0 bridgehead atoms. The first-order valence-electron chi connectivity index (χ1n) is 7.91. The molecule has 0 aromatic carbocycles. The van der Waals surface area contributed by atoms with E-state index in [-0.39, 0.29) is 5.92 Å². The minimum Gasteiger partial charge on any atom is -0.481 e.